The second-order valence-corrected chi connectivity index (χ2v) is 5.26. The number of carbonyl (C=O) groups is 1. The number of ether oxygens (including phenoxy) is 1. The van der Waals surface area contributed by atoms with Crippen LogP contribution in [0.4, 0.5) is 13.2 Å². The quantitative estimate of drug-likeness (QED) is 0.833. The van der Waals surface area contributed by atoms with Gasteiger partial charge in [0.15, 0.2) is 0 Å². The number of benzene rings is 1. The molecule has 1 aromatic carbocycles. The van der Waals surface area contributed by atoms with Crippen LogP contribution >= 0.6 is 0 Å². The molecule has 0 aliphatic heterocycles. The lowest BCUT2D eigenvalue weighted by Crippen LogP contribution is -2.33. The lowest BCUT2D eigenvalue weighted by atomic mass is 10.1. The van der Waals surface area contributed by atoms with Crippen molar-refractivity contribution in [3.05, 3.63) is 29.3 Å². The Morgan fingerprint density at radius 1 is 1.33 bits per heavy atom. The largest absolute Gasteiger partial charge is 0.491 e. The number of amides is 1. The Labute approximate surface area is 122 Å². The number of nitrogens with zero attached hydrogens (tertiary/aromatic N) is 1. The Bertz CT molecular complexity index is 498. The third kappa shape index (κ3) is 4.95. The first-order valence-corrected chi connectivity index (χ1v) is 6.68. The molecule has 0 atom stereocenters. The van der Waals surface area contributed by atoms with Crippen molar-refractivity contribution in [2.75, 3.05) is 20.2 Å². The zero-order valence-corrected chi connectivity index (χ0v) is 12.6. The molecule has 0 spiro atoms. The Morgan fingerprint density at radius 3 is 2.48 bits per heavy atom. The van der Waals surface area contributed by atoms with E-state index in [1.54, 1.807) is 33.9 Å². The van der Waals surface area contributed by atoms with Crippen molar-refractivity contribution < 1.29 is 22.7 Å². The molecule has 1 amide bonds. The van der Waals surface area contributed by atoms with Crippen molar-refractivity contribution >= 4 is 5.91 Å². The summed E-state index contributed by atoms with van der Waals surface area (Å²) < 4.78 is 43.9. The molecular formula is C15H20F3NO2. The highest BCUT2D eigenvalue weighted by Crippen LogP contribution is 2.36. The topological polar surface area (TPSA) is 29.5 Å². The number of halogens is 3. The van der Waals surface area contributed by atoms with E-state index < -0.39 is 11.7 Å². The number of likely N-dealkylation sites (N-methyl/N-ethyl adjacent to an activating group) is 1. The summed E-state index contributed by atoms with van der Waals surface area (Å²) >= 11 is 0. The normalized spacial score (nSPS) is 11.6. The van der Waals surface area contributed by atoms with Gasteiger partial charge in [0.25, 0.3) is 0 Å². The van der Waals surface area contributed by atoms with Gasteiger partial charge >= 0.3 is 6.18 Å². The maximum absolute atomic E-state index is 12.9. The number of rotatable bonds is 5. The molecule has 6 heteroatoms. The zero-order valence-electron chi connectivity index (χ0n) is 12.6. The molecule has 0 aliphatic carbocycles. The number of hydrogen-bond acceptors (Lipinski definition) is 2. The van der Waals surface area contributed by atoms with Gasteiger partial charge in [0.1, 0.15) is 12.4 Å². The Morgan fingerprint density at radius 2 is 1.95 bits per heavy atom. The minimum absolute atomic E-state index is 0.0150. The van der Waals surface area contributed by atoms with Gasteiger partial charge in [0, 0.05) is 13.0 Å². The van der Waals surface area contributed by atoms with Gasteiger partial charge in [-0.1, -0.05) is 25.5 Å². The second kappa shape index (κ2) is 6.83. The molecule has 0 bridgehead atoms. The first-order valence-electron chi connectivity index (χ1n) is 6.68. The summed E-state index contributed by atoms with van der Waals surface area (Å²) in [5, 5.41) is 0. The van der Waals surface area contributed by atoms with E-state index in [4.69, 9.17) is 4.74 Å². The van der Waals surface area contributed by atoms with Crippen LogP contribution in [0.5, 0.6) is 5.75 Å². The van der Waals surface area contributed by atoms with Crippen LogP contribution in [0.25, 0.3) is 0 Å². The third-order valence-electron chi connectivity index (χ3n) is 2.99. The highest BCUT2D eigenvalue weighted by molar-refractivity contribution is 5.77. The van der Waals surface area contributed by atoms with Crippen LogP contribution in [0, 0.1) is 12.8 Å². The first-order chi connectivity index (χ1) is 9.62. The summed E-state index contributed by atoms with van der Waals surface area (Å²) in [7, 11) is 1.60. The van der Waals surface area contributed by atoms with Crippen molar-refractivity contribution in [1.29, 1.82) is 0 Å². The molecule has 0 unspecified atom stereocenters. The Kier molecular flexibility index (Phi) is 5.63. The van der Waals surface area contributed by atoms with E-state index in [1.807, 2.05) is 0 Å². The predicted molar refractivity (Wildman–Crippen MR) is 74.2 cm³/mol. The van der Waals surface area contributed by atoms with E-state index in [2.05, 4.69) is 0 Å². The molecule has 0 heterocycles. The van der Waals surface area contributed by atoms with Gasteiger partial charge < -0.3 is 9.64 Å². The number of alkyl halides is 3. The van der Waals surface area contributed by atoms with Gasteiger partial charge in [-0.05, 0) is 19.1 Å². The molecule has 0 aliphatic rings. The maximum Gasteiger partial charge on any atom is 0.419 e. The number of aryl methyl sites for hydroxylation is 1. The highest BCUT2D eigenvalue weighted by atomic mass is 19.4. The van der Waals surface area contributed by atoms with E-state index >= 15 is 0 Å². The van der Waals surface area contributed by atoms with E-state index in [0.29, 0.717) is 5.56 Å². The zero-order chi connectivity index (χ0) is 16.2. The lowest BCUT2D eigenvalue weighted by molar-refractivity contribution is -0.139. The standard InChI is InChI=1S/C15H20F3NO2/c1-10(2)14(20)19(4)7-8-21-13-6-5-11(3)9-12(13)15(16,17)18/h5-6,9-10H,7-8H2,1-4H3. The van der Waals surface area contributed by atoms with Gasteiger partial charge in [0.05, 0.1) is 12.1 Å². The molecule has 0 saturated carbocycles. The van der Waals surface area contributed by atoms with Crippen LogP contribution in [0.2, 0.25) is 0 Å². The monoisotopic (exact) mass is 303 g/mol. The average Bonchev–Trinajstić information content (AvgIpc) is 2.38. The van der Waals surface area contributed by atoms with Crippen LogP contribution in [0.15, 0.2) is 18.2 Å². The summed E-state index contributed by atoms with van der Waals surface area (Å²) in [5.41, 5.74) is -0.276. The Hall–Kier alpha value is -1.72. The van der Waals surface area contributed by atoms with Gasteiger partial charge in [-0.2, -0.15) is 13.2 Å². The van der Waals surface area contributed by atoms with Crippen LogP contribution < -0.4 is 4.74 Å². The molecule has 3 nitrogen and oxygen atoms in total. The van der Waals surface area contributed by atoms with E-state index in [9.17, 15) is 18.0 Å². The van der Waals surface area contributed by atoms with E-state index in [-0.39, 0.29) is 30.7 Å². The molecule has 1 aromatic rings. The number of carbonyl (C=O) groups excluding carboxylic acids is 1. The smallest absolute Gasteiger partial charge is 0.419 e. The molecule has 0 saturated heterocycles. The highest BCUT2D eigenvalue weighted by Gasteiger charge is 2.34. The van der Waals surface area contributed by atoms with Gasteiger partial charge in [0.2, 0.25) is 5.91 Å². The SMILES string of the molecule is Cc1ccc(OCCN(C)C(=O)C(C)C)c(C(F)(F)F)c1. The fourth-order valence-corrected chi connectivity index (χ4v) is 1.83. The third-order valence-corrected chi connectivity index (χ3v) is 2.99. The average molecular weight is 303 g/mol. The molecule has 0 N–H and O–H groups in total. The predicted octanol–water partition coefficient (Wildman–Crippen LogP) is 3.51. The van der Waals surface area contributed by atoms with Crippen molar-refractivity contribution in [2.24, 2.45) is 5.92 Å². The fourth-order valence-electron chi connectivity index (χ4n) is 1.83. The molecule has 0 radical (unpaired) electrons. The summed E-state index contributed by atoms with van der Waals surface area (Å²) in [5.74, 6) is -0.433. The van der Waals surface area contributed by atoms with E-state index in [0.717, 1.165) is 6.07 Å². The van der Waals surface area contributed by atoms with E-state index in [1.165, 1.54) is 11.0 Å². The fraction of sp³-hybridized carbons (Fsp3) is 0.533. The Balaban J connectivity index is 2.70. The molecule has 1 rings (SSSR count). The van der Waals surface area contributed by atoms with Crippen molar-refractivity contribution in [2.45, 2.75) is 26.9 Å². The summed E-state index contributed by atoms with van der Waals surface area (Å²) in [6.07, 6.45) is -4.46. The van der Waals surface area contributed by atoms with Crippen LogP contribution in [-0.4, -0.2) is 31.0 Å². The first kappa shape index (κ1) is 17.3. The van der Waals surface area contributed by atoms with Crippen molar-refractivity contribution in [3.63, 3.8) is 0 Å². The van der Waals surface area contributed by atoms with Gasteiger partial charge in [-0.3, -0.25) is 4.79 Å². The van der Waals surface area contributed by atoms with Crippen LogP contribution in [-0.2, 0) is 11.0 Å². The van der Waals surface area contributed by atoms with Gasteiger partial charge in [-0.15, -0.1) is 0 Å². The lowest BCUT2D eigenvalue weighted by Gasteiger charge is -2.20. The summed E-state index contributed by atoms with van der Waals surface area (Å²) in [6, 6.07) is 3.92. The summed E-state index contributed by atoms with van der Waals surface area (Å²) in [6.45, 7) is 5.38. The molecule has 0 fully saturated rings. The molecule has 118 valence electrons. The number of hydrogen-bond donors (Lipinski definition) is 0. The van der Waals surface area contributed by atoms with Crippen LogP contribution in [0.3, 0.4) is 0 Å². The second-order valence-electron chi connectivity index (χ2n) is 5.26. The minimum Gasteiger partial charge on any atom is -0.491 e. The van der Waals surface area contributed by atoms with Crippen molar-refractivity contribution in [3.8, 4) is 5.75 Å². The maximum atomic E-state index is 12.9. The molecule has 0 aromatic heterocycles. The minimum atomic E-state index is -4.46. The molecular weight excluding hydrogens is 283 g/mol. The van der Waals surface area contributed by atoms with Crippen LogP contribution in [0.1, 0.15) is 25.0 Å². The van der Waals surface area contributed by atoms with Crippen molar-refractivity contribution in [1.82, 2.24) is 4.90 Å². The van der Waals surface area contributed by atoms with Gasteiger partial charge in [-0.25, -0.2) is 0 Å². The molecule has 21 heavy (non-hydrogen) atoms. The summed E-state index contributed by atoms with van der Waals surface area (Å²) in [4.78, 5) is 13.1.